The zero-order valence-corrected chi connectivity index (χ0v) is 18.1. The molecule has 6 nitrogen and oxygen atoms in total. The van der Waals surface area contributed by atoms with Crippen LogP contribution < -0.4 is 15.0 Å². The van der Waals surface area contributed by atoms with E-state index < -0.39 is 0 Å². The summed E-state index contributed by atoms with van der Waals surface area (Å²) in [6.45, 7) is 9.24. The molecule has 6 heteroatoms. The van der Waals surface area contributed by atoms with Crippen molar-refractivity contribution in [2.24, 2.45) is 5.92 Å². The third-order valence-electron chi connectivity index (χ3n) is 5.09. The molecule has 160 valence electrons. The smallest absolute Gasteiger partial charge is 0.262 e. The first-order valence-corrected chi connectivity index (χ1v) is 10.5. The molecule has 0 atom stereocenters. The van der Waals surface area contributed by atoms with Gasteiger partial charge in [-0.3, -0.25) is 9.59 Å². The highest BCUT2D eigenvalue weighted by Gasteiger charge is 2.21. The second-order valence-corrected chi connectivity index (χ2v) is 8.17. The summed E-state index contributed by atoms with van der Waals surface area (Å²) in [6, 6.07) is 15.4. The van der Waals surface area contributed by atoms with Gasteiger partial charge in [0.2, 0.25) is 5.91 Å². The van der Waals surface area contributed by atoms with Crippen LogP contribution >= 0.6 is 0 Å². The van der Waals surface area contributed by atoms with E-state index in [-0.39, 0.29) is 18.4 Å². The number of carbonyl (C=O) groups excluding carboxylic acids is 2. The molecule has 2 aromatic rings. The van der Waals surface area contributed by atoms with Crippen molar-refractivity contribution in [1.29, 1.82) is 0 Å². The van der Waals surface area contributed by atoms with Crippen molar-refractivity contribution in [2.75, 3.05) is 43.0 Å². The molecule has 0 aliphatic carbocycles. The number of ether oxygens (including phenoxy) is 1. The van der Waals surface area contributed by atoms with E-state index in [0.29, 0.717) is 18.1 Å². The molecule has 0 radical (unpaired) electrons. The number of nitrogens with zero attached hydrogens (tertiary/aromatic N) is 2. The lowest BCUT2D eigenvalue weighted by Gasteiger charge is -2.36. The molecule has 0 unspecified atom stereocenters. The fraction of sp³-hybridized carbons (Fsp3) is 0.417. The van der Waals surface area contributed by atoms with Gasteiger partial charge < -0.3 is 19.9 Å². The maximum atomic E-state index is 12.2. The molecular formula is C24H31N3O3. The summed E-state index contributed by atoms with van der Waals surface area (Å²) in [4.78, 5) is 28.6. The fourth-order valence-electron chi connectivity index (χ4n) is 3.50. The monoisotopic (exact) mass is 409 g/mol. The van der Waals surface area contributed by atoms with E-state index in [9.17, 15) is 9.59 Å². The number of amides is 2. The minimum Gasteiger partial charge on any atom is -0.484 e. The zero-order valence-electron chi connectivity index (χ0n) is 18.1. The summed E-state index contributed by atoms with van der Waals surface area (Å²) in [5, 5.41) is 2.86. The van der Waals surface area contributed by atoms with Crippen LogP contribution in [-0.2, 0) is 9.59 Å². The molecule has 1 fully saturated rings. The van der Waals surface area contributed by atoms with E-state index in [1.807, 2.05) is 60.4 Å². The zero-order chi connectivity index (χ0) is 21.5. The third kappa shape index (κ3) is 6.24. The van der Waals surface area contributed by atoms with Gasteiger partial charge in [0.05, 0.1) is 0 Å². The van der Waals surface area contributed by atoms with Crippen molar-refractivity contribution < 1.29 is 14.3 Å². The van der Waals surface area contributed by atoms with Crippen LogP contribution in [0.15, 0.2) is 48.5 Å². The Morgan fingerprint density at radius 2 is 1.73 bits per heavy atom. The molecule has 0 aromatic heterocycles. The maximum Gasteiger partial charge on any atom is 0.262 e. The van der Waals surface area contributed by atoms with Gasteiger partial charge in [0.1, 0.15) is 5.75 Å². The molecule has 1 saturated heterocycles. The van der Waals surface area contributed by atoms with Crippen LogP contribution in [0.1, 0.15) is 25.8 Å². The Kier molecular flexibility index (Phi) is 7.33. The van der Waals surface area contributed by atoms with Crippen LogP contribution in [0.2, 0.25) is 0 Å². The summed E-state index contributed by atoms with van der Waals surface area (Å²) in [7, 11) is 0. The van der Waals surface area contributed by atoms with Gasteiger partial charge in [-0.15, -0.1) is 0 Å². The van der Waals surface area contributed by atoms with Gasteiger partial charge >= 0.3 is 0 Å². The molecule has 1 aliphatic heterocycles. The van der Waals surface area contributed by atoms with E-state index in [0.717, 1.165) is 43.1 Å². The van der Waals surface area contributed by atoms with Crippen LogP contribution in [0.5, 0.6) is 5.75 Å². The lowest BCUT2D eigenvalue weighted by molar-refractivity contribution is -0.132. The molecule has 2 aromatic carbocycles. The van der Waals surface area contributed by atoms with Crippen molar-refractivity contribution in [3.63, 3.8) is 0 Å². The fourth-order valence-corrected chi connectivity index (χ4v) is 3.50. The van der Waals surface area contributed by atoms with E-state index in [4.69, 9.17) is 4.74 Å². The minimum absolute atomic E-state index is 0.0302. The lowest BCUT2D eigenvalue weighted by atomic mass is 10.1. The SMILES string of the molecule is Cc1cccc(OCC(=O)Nc2ccc(N3CCN(C(=O)CC(C)C)CC3)cc2)c1. The summed E-state index contributed by atoms with van der Waals surface area (Å²) >= 11 is 0. The summed E-state index contributed by atoms with van der Waals surface area (Å²) in [5.41, 5.74) is 2.93. The van der Waals surface area contributed by atoms with Gasteiger partial charge in [0, 0.05) is 44.0 Å². The standard InChI is InChI=1S/C24H31N3O3/c1-18(2)15-24(29)27-13-11-26(12-14-27)21-9-7-20(8-10-21)25-23(28)17-30-22-6-4-5-19(3)16-22/h4-10,16,18H,11-15,17H2,1-3H3,(H,25,28). The van der Waals surface area contributed by atoms with Gasteiger partial charge in [-0.25, -0.2) is 0 Å². The predicted molar refractivity (Wildman–Crippen MR) is 120 cm³/mol. The predicted octanol–water partition coefficient (Wildman–Crippen LogP) is 3.71. The van der Waals surface area contributed by atoms with Gasteiger partial charge in [-0.1, -0.05) is 26.0 Å². The highest BCUT2D eigenvalue weighted by atomic mass is 16.5. The van der Waals surface area contributed by atoms with Gasteiger partial charge in [-0.05, 0) is 54.8 Å². The van der Waals surface area contributed by atoms with E-state index in [1.165, 1.54) is 0 Å². The molecule has 30 heavy (non-hydrogen) atoms. The first-order chi connectivity index (χ1) is 14.4. The topological polar surface area (TPSA) is 61.9 Å². The molecule has 0 spiro atoms. The Morgan fingerprint density at radius 1 is 1.03 bits per heavy atom. The van der Waals surface area contributed by atoms with Gasteiger partial charge in [0.15, 0.2) is 6.61 Å². The largest absolute Gasteiger partial charge is 0.484 e. The Balaban J connectivity index is 1.46. The van der Waals surface area contributed by atoms with Crippen molar-refractivity contribution in [1.82, 2.24) is 4.90 Å². The van der Waals surface area contributed by atoms with Gasteiger partial charge in [-0.2, -0.15) is 0 Å². The van der Waals surface area contributed by atoms with E-state index in [2.05, 4.69) is 24.1 Å². The summed E-state index contributed by atoms with van der Waals surface area (Å²) < 4.78 is 5.54. The van der Waals surface area contributed by atoms with Crippen LogP contribution in [0.3, 0.4) is 0 Å². The van der Waals surface area contributed by atoms with E-state index in [1.54, 1.807) is 0 Å². The summed E-state index contributed by atoms with van der Waals surface area (Å²) in [5.74, 6) is 1.13. The highest BCUT2D eigenvalue weighted by molar-refractivity contribution is 5.92. The number of nitrogens with one attached hydrogen (secondary N) is 1. The number of anilines is 2. The van der Waals surface area contributed by atoms with Crippen molar-refractivity contribution >= 4 is 23.2 Å². The number of benzene rings is 2. The molecule has 0 bridgehead atoms. The Morgan fingerprint density at radius 3 is 2.37 bits per heavy atom. The van der Waals surface area contributed by atoms with Crippen LogP contribution in [-0.4, -0.2) is 49.5 Å². The Bertz CT molecular complexity index is 856. The second kappa shape index (κ2) is 10.1. The Labute approximate surface area is 178 Å². The minimum atomic E-state index is -0.193. The Hall–Kier alpha value is -3.02. The first kappa shape index (κ1) is 21.7. The number of aryl methyl sites for hydroxylation is 1. The van der Waals surface area contributed by atoms with Crippen LogP contribution in [0, 0.1) is 12.8 Å². The molecule has 1 aliphatic rings. The van der Waals surface area contributed by atoms with Gasteiger partial charge in [0.25, 0.3) is 5.91 Å². The normalized spacial score (nSPS) is 14.0. The molecule has 1 heterocycles. The first-order valence-electron chi connectivity index (χ1n) is 10.5. The van der Waals surface area contributed by atoms with Crippen molar-refractivity contribution in [3.8, 4) is 5.75 Å². The average molecular weight is 410 g/mol. The summed E-state index contributed by atoms with van der Waals surface area (Å²) in [6.07, 6.45) is 0.613. The number of hydrogen-bond donors (Lipinski definition) is 1. The number of rotatable bonds is 7. The molecule has 0 saturated carbocycles. The second-order valence-electron chi connectivity index (χ2n) is 8.17. The van der Waals surface area contributed by atoms with Crippen LogP contribution in [0.25, 0.3) is 0 Å². The van der Waals surface area contributed by atoms with Crippen molar-refractivity contribution in [3.05, 3.63) is 54.1 Å². The van der Waals surface area contributed by atoms with Crippen molar-refractivity contribution in [2.45, 2.75) is 27.2 Å². The molecule has 3 rings (SSSR count). The number of hydrogen-bond acceptors (Lipinski definition) is 4. The average Bonchev–Trinajstić information content (AvgIpc) is 2.72. The third-order valence-corrected chi connectivity index (χ3v) is 5.09. The number of piperazine rings is 1. The molecule has 2 amide bonds. The molecule has 1 N–H and O–H groups in total. The lowest BCUT2D eigenvalue weighted by Crippen LogP contribution is -2.49. The highest BCUT2D eigenvalue weighted by Crippen LogP contribution is 2.20. The maximum absolute atomic E-state index is 12.2. The quantitative estimate of drug-likeness (QED) is 0.757. The number of carbonyl (C=O) groups is 2. The molecular weight excluding hydrogens is 378 g/mol. The van der Waals surface area contributed by atoms with E-state index >= 15 is 0 Å². The van der Waals surface area contributed by atoms with Crippen LogP contribution in [0.4, 0.5) is 11.4 Å².